The van der Waals surface area contributed by atoms with Crippen LogP contribution in [0.25, 0.3) is 0 Å². The number of hydrogen-bond acceptors (Lipinski definition) is 2. The Morgan fingerprint density at radius 1 is 1.18 bits per heavy atom. The van der Waals surface area contributed by atoms with Crippen LogP contribution < -0.4 is 10.1 Å². The highest BCUT2D eigenvalue weighted by molar-refractivity contribution is 5.26. The zero-order valence-electron chi connectivity index (χ0n) is 11.5. The average molecular weight is 235 g/mol. The zero-order chi connectivity index (χ0) is 12.7. The normalized spacial score (nSPS) is 12.8. The first-order valence-electron chi connectivity index (χ1n) is 6.58. The van der Waals surface area contributed by atoms with Crippen LogP contribution >= 0.6 is 0 Å². The molecule has 0 spiro atoms. The number of benzene rings is 1. The summed E-state index contributed by atoms with van der Waals surface area (Å²) in [5, 5.41) is 3.44. The summed E-state index contributed by atoms with van der Waals surface area (Å²) in [6.45, 7) is 9.53. The van der Waals surface area contributed by atoms with Crippen molar-refractivity contribution in [1.82, 2.24) is 5.32 Å². The van der Waals surface area contributed by atoms with E-state index in [1.807, 2.05) is 12.1 Å². The summed E-state index contributed by atoms with van der Waals surface area (Å²) in [6.07, 6.45) is 2.51. The summed E-state index contributed by atoms with van der Waals surface area (Å²) in [7, 11) is 0. The number of hydrogen-bond donors (Lipinski definition) is 1. The Kier molecular flexibility index (Phi) is 6.06. The number of rotatable bonds is 7. The predicted molar refractivity (Wildman–Crippen MR) is 73.6 cm³/mol. The number of ether oxygens (including phenoxy) is 1. The Balaban J connectivity index is 2.50. The molecule has 1 N–H and O–H groups in total. The van der Waals surface area contributed by atoms with E-state index in [4.69, 9.17) is 4.74 Å². The van der Waals surface area contributed by atoms with Gasteiger partial charge in [-0.05, 0) is 25.5 Å². The minimum atomic E-state index is 0.269. The summed E-state index contributed by atoms with van der Waals surface area (Å²) >= 11 is 0. The van der Waals surface area contributed by atoms with Crippen molar-refractivity contribution in [3.8, 4) is 5.75 Å². The smallest absolute Gasteiger partial charge is 0.119 e. The Bertz CT molecular complexity index is 305. The van der Waals surface area contributed by atoms with Crippen LogP contribution in [0.1, 0.15) is 39.2 Å². The van der Waals surface area contributed by atoms with Crippen molar-refractivity contribution in [3.63, 3.8) is 0 Å². The van der Waals surface area contributed by atoms with E-state index in [0.29, 0.717) is 6.04 Å². The second-order valence-corrected chi connectivity index (χ2v) is 4.90. The summed E-state index contributed by atoms with van der Waals surface area (Å²) in [5.74, 6) is 0.972. The van der Waals surface area contributed by atoms with Crippen molar-refractivity contribution in [1.29, 1.82) is 0 Å². The predicted octanol–water partition coefficient (Wildman–Crippen LogP) is 3.54. The van der Waals surface area contributed by atoms with E-state index < -0.39 is 0 Å². The van der Waals surface area contributed by atoms with E-state index in [1.54, 1.807) is 0 Å². The number of nitrogens with one attached hydrogen (secondary N) is 1. The first kappa shape index (κ1) is 14.0. The van der Waals surface area contributed by atoms with Gasteiger partial charge in [0.1, 0.15) is 11.9 Å². The molecule has 0 heterocycles. The molecule has 1 unspecified atom stereocenters. The standard InChI is InChI=1S/C15H25NO/c1-5-6-15(11-16-12(2)3)17-14-9-7-13(4)8-10-14/h7-10,12,15-16H,5-6,11H2,1-4H3. The molecular weight excluding hydrogens is 210 g/mol. The van der Waals surface area contributed by atoms with E-state index in [1.165, 1.54) is 5.56 Å². The maximum absolute atomic E-state index is 6.00. The first-order valence-corrected chi connectivity index (χ1v) is 6.58. The molecule has 1 aromatic carbocycles. The third-order valence-corrected chi connectivity index (χ3v) is 2.69. The van der Waals surface area contributed by atoms with Crippen LogP contribution in [-0.2, 0) is 0 Å². The van der Waals surface area contributed by atoms with Gasteiger partial charge in [0.2, 0.25) is 0 Å². The Hall–Kier alpha value is -1.02. The van der Waals surface area contributed by atoms with Gasteiger partial charge in [-0.1, -0.05) is 44.9 Å². The van der Waals surface area contributed by atoms with Gasteiger partial charge < -0.3 is 10.1 Å². The molecule has 0 aliphatic heterocycles. The van der Waals surface area contributed by atoms with Crippen LogP contribution in [0.5, 0.6) is 5.75 Å². The Labute approximate surface area is 105 Å². The second kappa shape index (κ2) is 7.33. The molecule has 2 heteroatoms. The van der Waals surface area contributed by atoms with Gasteiger partial charge in [0, 0.05) is 12.6 Å². The molecule has 0 fully saturated rings. The van der Waals surface area contributed by atoms with Crippen LogP contribution in [-0.4, -0.2) is 18.7 Å². The van der Waals surface area contributed by atoms with Crippen LogP contribution in [0.2, 0.25) is 0 Å². The van der Waals surface area contributed by atoms with Crippen molar-refractivity contribution in [2.45, 2.75) is 52.7 Å². The SMILES string of the molecule is CCCC(CNC(C)C)Oc1ccc(C)cc1. The van der Waals surface area contributed by atoms with E-state index in [0.717, 1.165) is 25.1 Å². The molecular formula is C15H25NO. The van der Waals surface area contributed by atoms with E-state index in [-0.39, 0.29) is 6.10 Å². The highest BCUT2D eigenvalue weighted by atomic mass is 16.5. The van der Waals surface area contributed by atoms with Crippen LogP contribution in [0, 0.1) is 6.92 Å². The first-order chi connectivity index (χ1) is 8.11. The van der Waals surface area contributed by atoms with Gasteiger partial charge in [0.25, 0.3) is 0 Å². The molecule has 2 nitrogen and oxygen atoms in total. The molecule has 0 bridgehead atoms. The molecule has 0 saturated carbocycles. The highest BCUT2D eigenvalue weighted by Gasteiger charge is 2.09. The molecule has 1 aromatic rings. The molecule has 1 rings (SSSR count). The lowest BCUT2D eigenvalue weighted by atomic mass is 10.2. The monoisotopic (exact) mass is 235 g/mol. The summed E-state index contributed by atoms with van der Waals surface area (Å²) < 4.78 is 6.00. The van der Waals surface area contributed by atoms with Gasteiger partial charge in [-0.3, -0.25) is 0 Å². The Morgan fingerprint density at radius 2 is 1.82 bits per heavy atom. The van der Waals surface area contributed by atoms with Crippen LogP contribution in [0.15, 0.2) is 24.3 Å². The molecule has 0 saturated heterocycles. The fourth-order valence-corrected chi connectivity index (χ4v) is 1.70. The highest BCUT2D eigenvalue weighted by Crippen LogP contribution is 2.15. The molecule has 0 amide bonds. The van der Waals surface area contributed by atoms with Crippen LogP contribution in [0.4, 0.5) is 0 Å². The van der Waals surface area contributed by atoms with E-state index >= 15 is 0 Å². The maximum atomic E-state index is 6.00. The topological polar surface area (TPSA) is 21.3 Å². The Morgan fingerprint density at radius 3 is 2.35 bits per heavy atom. The molecule has 0 radical (unpaired) electrons. The fraction of sp³-hybridized carbons (Fsp3) is 0.600. The van der Waals surface area contributed by atoms with Gasteiger partial charge in [-0.2, -0.15) is 0 Å². The van der Waals surface area contributed by atoms with Crippen molar-refractivity contribution >= 4 is 0 Å². The molecule has 17 heavy (non-hydrogen) atoms. The lowest BCUT2D eigenvalue weighted by Gasteiger charge is -2.20. The summed E-state index contributed by atoms with van der Waals surface area (Å²) in [6, 6.07) is 8.79. The van der Waals surface area contributed by atoms with Gasteiger partial charge in [0.15, 0.2) is 0 Å². The minimum absolute atomic E-state index is 0.269. The third kappa shape index (κ3) is 5.73. The van der Waals surface area contributed by atoms with Crippen molar-refractivity contribution < 1.29 is 4.74 Å². The lowest BCUT2D eigenvalue weighted by molar-refractivity contribution is 0.183. The van der Waals surface area contributed by atoms with Gasteiger partial charge in [-0.25, -0.2) is 0 Å². The largest absolute Gasteiger partial charge is 0.489 e. The number of aryl methyl sites for hydroxylation is 1. The lowest BCUT2D eigenvalue weighted by Crippen LogP contribution is -2.35. The van der Waals surface area contributed by atoms with Crippen molar-refractivity contribution in [2.24, 2.45) is 0 Å². The minimum Gasteiger partial charge on any atom is -0.489 e. The van der Waals surface area contributed by atoms with E-state index in [2.05, 4.69) is 45.1 Å². The third-order valence-electron chi connectivity index (χ3n) is 2.69. The van der Waals surface area contributed by atoms with Crippen LogP contribution in [0.3, 0.4) is 0 Å². The zero-order valence-corrected chi connectivity index (χ0v) is 11.5. The molecule has 1 atom stereocenters. The van der Waals surface area contributed by atoms with Crippen molar-refractivity contribution in [2.75, 3.05) is 6.54 Å². The van der Waals surface area contributed by atoms with Crippen molar-refractivity contribution in [3.05, 3.63) is 29.8 Å². The summed E-state index contributed by atoms with van der Waals surface area (Å²) in [4.78, 5) is 0. The van der Waals surface area contributed by atoms with Gasteiger partial charge in [0.05, 0.1) is 0 Å². The van der Waals surface area contributed by atoms with Gasteiger partial charge >= 0.3 is 0 Å². The average Bonchev–Trinajstić information content (AvgIpc) is 2.29. The fourth-order valence-electron chi connectivity index (χ4n) is 1.70. The van der Waals surface area contributed by atoms with Gasteiger partial charge in [-0.15, -0.1) is 0 Å². The quantitative estimate of drug-likeness (QED) is 0.780. The molecule has 0 aliphatic rings. The second-order valence-electron chi connectivity index (χ2n) is 4.90. The molecule has 0 aromatic heterocycles. The maximum Gasteiger partial charge on any atom is 0.119 e. The summed E-state index contributed by atoms with van der Waals surface area (Å²) in [5.41, 5.74) is 1.27. The van der Waals surface area contributed by atoms with E-state index in [9.17, 15) is 0 Å². The molecule has 96 valence electrons. The molecule has 0 aliphatic carbocycles.